The molecule has 0 fully saturated rings. The predicted octanol–water partition coefficient (Wildman–Crippen LogP) is 1.85. The molecule has 0 unspecified atom stereocenters. The van der Waals surface area contributed by atoms with Gasteiger partial charge in [-0.05, 0) is 19.3 Å². The highest BCUT2D eigenvalue weighted by Gasteiger charge is 1.93. The average Bonchev–Trinajstić information content (AvgIpc) is 2.09. The predicted molar refractivity (Wildman–Crippen MR) is 51.0 cm³/mol. The summed E-state index contributed by atoms with van der Waals surface area (Å²) in [6, 6.07) is 0. The molecular formula is C9H19NO3. The van der Waals surface area contributed by atoms with Crippen LogP contribution in [0.5, 0.6) is 0 Å². The van der Waals surface area contributed by atoms with Crippen LogP contribution in [0.15, 0.2) is 0 Å². The number of carboxylic acid groups (broad SMARTS) is 1. The first-order chi connectivity index (χ1) is 6.27. The Morgan fingerprint density at radius 1 is 1.31 bits per heavy atom. The Labute approximate surface area is 79.3 Å². The van der Waals surface area contributed by atoms with Crippen LogP contribution in [0.2, 0.25) is 0 Å². The highest BCUT2D eigenvalue weighted by Crippen LogP contribution is 1.92. The number of ether oxygens (including phenoxy) is 1. The first kappa shape index (κ1) is 12.2. The minimum absolute atomic E-state index is 0.520. The van der Waals surface area contributed by atoms with Crippen molar-refractivity contribution in [2.24, 2.45) is 0 Å². The van der Waals surface area contributed by atoms with Crippen molar-refractivity contribution in [3.8, 4) is 0 Å². The van der Waals surface area contributed by atoms with E-state index in [1.54, 1.807) is 0 Å². The van der Waals surface area contributed by atoms with Gasteiger partial charge in [0.05, 0.1) is 0 Å². The molecule has 2 N–H and O–H groups in total. The summed E-state index contributed by atoms with van der Waals surface area (Å²) in [5.41, 5.74) is 0. The molecule has 0 saturated carbocycles. The van der Waals surface area contributed by atoms with Crippen LogP contribution < -0.4 is 5.32 Å². The molecule has 0 spiro atoms. The zero-order valence-electron chi connectivity index (χ0n) is 8.21. The third kappa shape index (κ3) is 11.2. The number of amides is 1. The van der Waals surface area contributed by atoms with Gasteiger partial charge in [0.15, 0.2) is 0 Å². The van der Waals surface area contributed by atoms with E-state index in [0.717, 1.165) is 38.9 Å². The van der Waals surface area contributed by atoms with Crippen molar-refractivity contribution < 1.29 is 14.6 Å². The van der Waals surface area contributed by atoms with Crippen molar-refractivity contribution in [3.05, 3.63) is 0 Å². The first-order valence-electron chi connectivity index (χ1n) is 4.82. The Hall–Kier alpha value is -0.770. The van der Waals surface area contributed by atoms with Crippen LogP contribution in [0.3, 0.4) is 0 Å². The van der Waals surface area contributed by atoms with Gasteiger partial charge in [-0.1, -0.05) is 13.3 Å². The lowest BCUT2D eigenvalue weighted by Gasteiger charge is -2.02. The zero-order valence-corrected chi connectivity index (χ0v) is 8.21. The first-order valence-corrected chi connectivity index (χ1v) is 4.82. The van der Waals surface area contributed by atoms with Gasteiger partial charge in [-0.25, -0.2) is 4.79 Å². The molecule has 4 heteroatoms. The minimum Gasteiger partial charge on any atom is -0.465 e. The molecule has 0 aromatic heterocycles. The lowest BCUT2D eigenvalue weighted by molar-refractivity contribution is 0.127. The van der Waals surface area contributed by atoms with E-state index in [0.29, 0.717) is 6.54 Å². The maximum atomic E-state index is 10.0. The fraction of sp³-hybridized carbons (Fsp3) is 0.889. The molecule has 78 valence electrons. The second kappa shape index (κ2) is 9.32. The Balaban J connectivity index is 2.87. The van der Waals surface area contributed by atoms with Crippen LogP contribution in [-0.4, -0.2) is 31.0 Å². The van der Waals surface area contributed by atoms with Crippen molar-refractivity contribution in [3.63, 3.8) is 0 Å². The van der Waals surface area contributed by atoms with Gasteiger partial charge in [0.1, 0.15) is 0 Å². The monoisotopic (exact) mass is 189 g/mol. The van der Waals surface area contributed by atoms with Crippen LogP contribution in [0, 0.1) is 0 Å². The molecule has 4 nitrogen and oxygen atoms in total. The summed E-state index contributed by atoms with van der Waals surface area (Å²) in [4.78, 5) is 10.0. The van der Waals surface area contributed by atoms with E-state index in [-0.39, 0.29) is 0 Å². The van der Waals surface area contributed by atoms with E-state index >= 15 is 0 Å². The number of nitrogens with one attached hydrogen (secondary N) is 1. The lowest BCUT2D eigenvalue weighted by Crippen LogP contribution is -2.22. The summed E-state index contributed by atoms with van der Waals surface area (Å²) in [6.45, 7) is 4.21. The zero-order chi connectivity index (χ0) is 9.94. The molecule has 0 aliphatic carbocycles. The van der Waals surface area contributed by atoms with Gasteiger partial charge in [-0.2, -0.15) is 0 Å². The van der Waals surface area contributed by atoms with E-state index in [1.807, 2.05) is 0 Å². The van der Waals surface area contributed by atoms with Crippen molar-refractivity contribution >= 4 is 6.09 Å². The number of unbranched alkanes of at least 4 members (excludes halogenated alkanes) is 2. The molecule has 13 heavy (non-hydrogen) atoms. The van der Waals surface area contributed by atoms with Gasteiger partial charge < -0.3 is 15.2 Å². The Bertz CT molecular complexity index is 128. The number of carbonyl (C=O) groups is 1. The quantitative estimate of drug-likeness (QED) is 0.573. The topological polar surface area (TPSA) is 58.6 Å². The van der Waals surface area contributed by atoms with E-state index < -0.39 is 6.09 Å². The highest BCUT2D eigenvalue weighted by molar-refractivity contribution is 5.64. The standard InChI is InChI=1S/C9H19NO3/c1-2-3-7-13-8-5-4-6-10-9(11)12/h10H,2-8H2,1H3,(H,11,12). The van der Waals surface area contributed by atoms with Gasteiger partial charge in [0.25, 0.3) is 0 Å². The minimum atomic E-state index is -0.952. The van der Waals surface area contributed by atoms with Gasteiger partial charge >= 0.3 is 6.09 Å². The number of hydrogen-bond acceptors (Lipinski definition) is 2. The maximum absolute atomic E-state index is 10.0. The molecule has 0 rings (SSSR count). The second-order valence-electron chi connectivity index (χ2n) is 2.90. The van der Waals surface area contributed by atoms with Crippen LogP contribution in [0.25, 0.3) is 0 Å². The summed E-state index contributed by atoms with van der Waals surface area (Å²) in [6.07, 6.45) is 3.07. The third-order valence-electron chi connectivity index (χ3n) is 1.63. The molecule has 0 saturated heterocycles. The smallest absolute Gasteiger partial charge is 0.404 e. The van der Waals surface area contributed by atoms with E-state index in [1.165, 1.54) is 0 Å². The van der Waals surface area contributed by atoms with Crippen LogP contribution >= 0.6 is 0 Å². The summed E-state index contributed by atoms with van der Waals surface area (Å²) in [5, 5.41) is 10.6. The van der Waals surface area contributed by atoms with Gasteiger partial charge in [-0.3, -0.25) is 0 Å². The van der Waals surface area contributed by atoms with Crippen molar-refractivity contribution in [2.45, 2.75) is 32.6 Å². The molecule has 0 bridgehead atoms. The molecule has 0 atom stereocenters. The Kier molecular flexibility index (Phi) is 8.77. The molecule has 1 amide bonds. The fourth-order valence-corrected chi connectivity index (χ4v) is 0.873. The van der Waals surface area contributed by atoms with E-state index in [2.05, 4.69) is 12.2 Å². The SMILES string of the molecule is CCCCOCCCCNC(=O)O. The van der Waals surface area contributed by atoms with Crippen molar-refractivity contribution in [2.75, 3.05) is 19.8 Å². The van der Waals surface area contributed by atoms with Crippen molar-refractivity contribution in [1.29, 1.82) is 0 Å². The lowest BCUT2D eigenvalue weighted by atomic mass is 10.3. The normalized spacial score (nSPS) is 9.92. The van der Waals surface area contributed by atoms with Crippen molar-refractivity contribution in [1.82, 2.24) is 5.32 Å². The average molecular weight is 189 g/mol. The number of rotatable bonds is 8. The molecule has 0 radical (unpaired) electrons. The third-order valence-corrected chi connectivity index (χ3v) is 1.63. The molecule has 0 aliphatic rings. The van der Waals surface area contributed by atoms with Crippen LogP contribution in [-0.2, 0) is 4.74 Å². The summed E-state index contributed by atoms with van der Waals surface area (Å²) in [5.74, 6) is 0. The molecular weight excluding hydrogens is 170 g/mol. The second-order valence-corrected chi connectivity index (χ2v) is 2.90. The number of hydrogen-bond donors (Lipinski definition) is 2. The van der Waals surface area contributed by atoms with E-state index in [9.17, 15) is 4.79 Å². The summed E-state index contributed by atoms with van der Waals surface area (Å²) >= 11 is 0. The summed E-state index contributed by atoms with van der Waals surface area (Å²) in [7, 11) is 0. The Morgan fingerprint density at radius 2 is 2.00 bits per heavy atom. The maximum Gasteiger partial charge on any atom is 0.404 e. The van der Waals surface area contributed by atoms with Gasteiger partial charge in [0, 0.05) is 19.8 Å². The molecule has 0 aliphatic heterocycles. The highest BCUT2D eigenvalue weighted by atomic mass is 16.5. The van der Waals surface area contributed by atoms with E-state index in [4.69, 9.17) is 9.84 Å². The van der Waals surface area contributed by atoms with Crippen LogP contribution in [0.1, 0.15) is 32.6 Å². The van der Waals surface area contributed by atoms with Crippen LogP contribution in [0.4, 0.5) is 4.79 Å². The molecule has 0 aromatic rings. The Morgan fingerprint density at radius 3 is 2.62 bits per heavy atom. The summed E-state index contributed by atoms with van der Waals surface area (Å²) < 4.78 is 5.31. The van der Waals surface area contributed by atoms with Gasteiger partial charge in [-0.15, -0.1) is 0 Å². The molecule has 0 heterocycles. The fourth-order valence-electron chi connectivity index (χ4n) is 0.873. The largest absolute Gasteiger partial charge is 0.465 e. The molecule has 0 aromatic carbocycles. The van der Waals surface area contributed by atoms with Gasteiger partial charge in [0.2, 0.25) is 0 Å².